The van der Waals surface area contributed by atoms with Gasteiger partial charge in [0.25, 0.3) is 0 Å². The first-order valence-corrected chi connectivity index (χ1v) is 7.83. The number of aromatic nitrogens is 1. The van der Waals surface area contributed by atoms with Gasteiger partial charge in [-0.1, -0.05) is 34.2 Å². The summed E-state index contributed by atoms with van der Waals surface area (Å²) in [7, 11) is 0. The summed E-state index contributed by atoms with van der Waals surface area (Å²) < 4.78 is 0.972. The van der Waals surface area contributed by atoms with Crippen molar-refractivity contribution in [2.75, 3.05) is 5.32 Å². The first-order chi connectivity index (χ1) is 9.92. The quantitative estimate of drug-likeness (QED) is 0.776. The Morgan fingerprint density at radius 2 is 2.14 bits per heavy atom. The van der Waals surface area contributed by atoms with Crippen LogP contribution in [0.5, 0.6) is 0 Å². The van der Waals surface area contributed by atoms with E-state index in [0.717, 1.165) is 33.5 Å². The molecule has 21 heavy (non-hydrogen) atoms. The number of benzene rings is 1. The number of rotatable bonds is 5. The molecule has 0 saturated carbocycles. The maximum Gasteiger partial charge on any atom is 0.356 e. The zero-order valence-electron chi connectivity index (χ0n) is 11.4. The van der Waals surface area contributed by atoms with Gasteiger partial charge in [-0.15, -0.1) is 0 Å². The van der Waals surface area contributed by atoms with Crippen LogP contribution in [-0.4, -0.2) is 21.8 Å². The maximum absolute atomic E-state index is 11.5. The van der Waals surface area contributed by atoms with E-state index in [-0.39, 0.29) is 16.4 Å². The molecular weight excluding hydrogens is 356 g/mol. The highest BCUT2D eigenvalue weighted by atomic mass is 79.9. The average Bonchev–Trinajstić information content (AvgIpc) is 2.85. The highest BCUT2D eigenvalue weighted by Gasteiger charge is 2.20. The first kappa shape index (κ1) is 15.7. The molecule has 2 rings (SSSR count). The molecule has 0 bridgehead atoms. The predicted octanol–water partition coefficient (Wildman–Crippen LogP) is 4.11. The molecule has 2 aromatic rings. The lowest BCUT2D eigenvalue weighted by Gasteiger charge is -2.08. The zero-order chi connectivity index (χ0) is 15.6. The number of hydrogen-bond donors (Lipinski definition) is 2. The molecule has 2 N–H and O–H groups in total. The van der Waals surface area contributed by atoms with Crippen molar-refractivity contribution < 1.29 is 14.7 Å². The Labute approximate surface area is 134 Å². The summed E-state index contributed by atoms with van der Waals surface area (Å²) in [6.07, 6.45) is 0.818. The number of aromatic carboxylic acids is 1. The van der Waals surface area contributed by atoms with Crippen molar-refractivity contribution in [3.8, 4) is 0 Å². The van der Waals surface area contributed by atoms with E-state index in [1.807, 2.05) is 25.1 Å². The number of carboxylic acid groups (broad SMARTS) is 1. The van der Waals surface area contributed by atoms with E-state index in [2.05, 4.69) is 26.2 Å². The van der Waals surface area contributed by atoms with Gasteiger partial charge in [0.05, 0.1) is 0 Å². The molecule has 1 heterocycles. The molecule has 0 atom stereocenters. The van der Waals surface area contributed by atoms with Gasteiger partial charge < -0.3 is 10.4 Å². The Bertz CT molecular complexity index is 681. The molecular formula is C14H13BrN2O3S. The van der Waals surface area contributed by atoms with E-state index < -0.39 is 5.97 Å². The highest BCUT2D eigenvalue weighted by Crippen LogP contribution is 2.29. The summed E-state index contributed by atoms with van der Waals surface area (Å²) in [6.45, 7) is 3.36. The topological polar surface area (TPSA) is 79.3 Å². The molecule has 0 aliphatic heterocycles. The van der Waals surface area contributed by atoms with Gasteiger partial charge in [-0.2, -0.15) is 0 Å². The fraction of sp³-hybridized carbons (Fsp3) is 0.214. The molecule has 0 radical (unpaired) electrons. The van der Waals surface area contributed by atoms with Gasteiger partial charge in [0, 0.05) is 17.1 Å². The number of hydrogen-bond acceptors (Lipinski definition) is 5. The van der Waals surface area contributed by atoms with E-state index in [0.29, 0.717) is 5.13 Å². The fourth-order valence-corrected chi connectivity index (χ4v) is 3.12. The van der Waals surface area contributed by atoms with Crippen LogP contribution < -0.4 is 5.32 Å². The Morgan fingerprint density at radius 3 is 2.67 bits per heavy atom. The van der Waals surface area contributed by atoms with Crippen molar-refractivity contribution in [1.82, 2.24) is 4.98 Å². The van der Waals surface area contributed by atoms with E-state index in [9.17, 15) is 9.59 Å². The second-order valence-corrected chi connectivity index (χ2v) is 6.25. The lowest BCUT2D eigenvalue weighted by molar-refractivity contribution is 0.0687. The number of thiazole rings is 1. The zero-order valence-corrected chi connectivity index (χ0v) is 13.8. The molecule has 0 aliphatic rings. The second kappa shape index (κ2) is 6.36. The maximum atomic E-state index is 11.5. The minimum Gasteiger partial charge on any atom is -0.476 e. The van der Waals surface area contributed by atoms with Crippen LogP contribution in [0.2, 0.25) is 0 Å². The van der Waals surface area contributed by atoms with E-state index in [1.165, 1.54) is 6.92 Å². The van der Waals surface area contributed by atoms with Crippen LogP contribution in [0.25, 0.3) is 0 Å². The Balaban J connectivity index is 2.38. The third-order valence-corrected chi connectivity index (χ3v) is 4.40. The van der Waals surface area contributed by atoms with Crippen LogP contribution in [0.15, 0.2) is 22.7 Å². The van der Waals surface area contributed by atoms with Crippen LogP contribution in [-0.2, 0) is 6.42 Å². The fourth-order valence-electron chi connectivity index (χ4n) is 1.85. The monoisotopic (exact) mass is 368 g/mol. The number of anilines is 2. The Morgan fingerprint density at radius 1 is 1.43 bits per heavy atom. The summed E-state index contributed by atoms with van der Waals surface area (Å²) >= 11 is 4.46. The largest absolute Gasteiger partial charge is 0.476 e. The van der Waals surface area contributed by atoms with Crippen LogP contribution in [0.3, 0.4) is 0 Å². The third-order valence-electron chi connectivity index (χ3n) is 2.84. The molecule has 1 aromatic carbocycles. The lowest BCUT2D eigenvalue weighted by Crippen LogP contribution is -2.03. The average molecular weight is 369 g/mol. The summed E-state index contributed by atoms with van der Waals surface area (Å²) in [6, 6.07) is 5.76. The predicted molar refractivity (Wildman–Crippen MR) is 85.9 cm³/mol. The van der Waals surface area contributed by atoms with Crippen molar-refractivity contribution in [1.29, 1.82) is 0 Å². The van der Waals surface area contributed by atoms with Gasteiger partial charge in [-0.3, -0.25) is 4.79 Å². The highest BCUT2D eigenvalue weighted by molar-refractivity contribution is 9.10. The number of aryl methyl sites for hydroxylation is 1. The van der Waals surface area contributed by atoms with Gasteiger partial charge in [0.1, 0.15) is 4.88 Å². The van der Waals surface area contributed by atoms with Gasteiger partial charge in [-0.05, 0) is 30.2 Å². The normalized spacial score (nSPS) is 10.4. The van der Waals surface area contributed by atoms with Crippen molar-refractivity contribution >= 4 is 49.8 Å². The smallest absolute Gasteiger partial charge is 0.356 e. The van der Waals surface area contributed by atoms with Crippen molar-refractivity contribution in [3.63, 3.8) is 0 Å². The number of halogens is 1. The molecule has 0 fully saturated rings. The second-order valence-electron chi connectivity index (χ2n) is 4.34. The van der Waals surface area contributed by atoms with Crippen molar-refractivity contribution in [2.45, 2.75) is 20.3 Å². The molecule has 0 amide bonds. The number of Topliss-reactive ketones (excluding diaryl/α,β-unsaturated/α-hetero) is 1. The van der Waals surface area contributed by atoms with Crippen LogP contribution >= 0.6 is 27.3 Å². The molecule has 7 heteroatoms. The summed E-state index contributed by atoms with van der Waals surface area (Å²) in [5, 5.41) is 12.6. The van der Waals surface area contributed by atoms with Crippen molar-refractivity contribution in [3.05, 3.63) is 38.8 Å². The molecule has 0 unspecified atom stereocenters. The molecule has 1 aromatic heterocycles. The van der Waals surface area contributed by atoms with E-state index in [4.69, 9.17) is 5.11 Å². The standard InChI is InChI=1S/C14H13BrN2O3S/c1-3-8-6-9(15)4-5-10(8)16-14-17-11(13(19)20)12(21-14)7(2)18/h4-6H,3H2,1-2H3,(H,16,17)(H,19,20). The van der Waals surface area contributed by atoms with Crippen LogP contribution in [0.4, 0.5) is 10.8 Å². The van der Waals surface area contributed by atoms with E-state index >= 15 is 0 Å². The van der Waals surface area contributed by atoms with Gasteiger partial charge in [-0.25, -0.2) is 9.78 Å². The summed E-state index contributed by atoms with van der Waals surface area (Å²) in [5.41, 5.74) is 1.72. The number of carboxylic acids is 1. The van der Waals surface area contributed by atoms with Gasteiger partial charge in [0.2, 0.25) is 0 Å². The van der Waals surface area contributed by atoms with Gasteiger partial charge in [0.15, 0.2) is 16.6 Å². The molecule has 5 nitrogen and oxygen atoms in total. The third kappa shape index (κ3) is 3.48. The minimum atomic E-state index is -1.20. The molecule has 0 aliphatic carbocycles. The Hall–Kier alpha value is -1.73. The SMILES string of the molecule is CCc1cc(Br)ccc1Nc1nc(C(=O)O)c(C(C)=O)s1. The number of nitrogens with zero attached hydrogens (tertiary/aromatic N) is 1. The summed E-state index contributed by atoms with van der Waals surface area (Å²) in [4.78, 5) is 26.7. The number of nitrogens with one attached hydrogen (secondary N) is 1. The Kier molecular flexibility index (Phi) is 4.74. The number of carbonyl (C=O) groups is 2. The molecule has 0 spiro atoms. The lowest BCUT2D eigenvalue weighted by atomic mass is 10.1. The van der Waals surface area contributed by atoms with Gasteiger partial charge >= 0.3 is 5.97 Å². The number of carbonyl (C=O) groups excluding carboxylic acids is 1. The van der Waals surface area contributed by atoms with Crippen LogP contribution in [0.1, 0.15) is 39.6 Å². The van der Waals surface area contributed by atoms with E-state index in [1.54, 1.807) is 0 Å². The molecule has 0 saturated heterocycles. The number of ketones is 1. The summed E-state index contributed by atoms with van der Waals surface area (Å²) in [5.74, 6) is -1.50. The first-order valence-electron chi connectivity index (χ1n) is 6.22. The van der Waals surface area contributed by atoms with Crippen molar-refractivity contribution in [2.24, 2.45) is 0 Å². The molecule has 110 valence electrons. The minimum absolute atomic E-state index is 0.153. The van der Waals surface area contributed by atoms with Crippen LogP contribution in [0, 0.1) is 0 Å².